The van der Waals surface area contributed by atoms with E-state index in [0.717, 1.165) is 29.6 Å². The Kier molecular flexibility index (Phi) is 4.61. The van der Waals surface area contributed by atoms with Crippen molar-refractivity contribution in [1.29, 1.82) is 0 Å². The Morgan fingerprint density at radius 1 is 0.633 bits per heavy atom. The molecule has 5 aliphatic rings. The van der Waals surface area contributed by atoms with E-state index in [1.54, 1.807) is 0 Å². The second-order valence-electron chi connectivity index (χ2n) is 14.6. The lowest BCUT2D eigenvalue weighted by Gasteiger charge is -2.73. The van der Waals surface area contributed by atoms with Crippen LogP contribution in [-0.2, 0) is 0 Å². The minimum Gasteiger partial charge on any atom is -0.0999 e. The molecule has 0 aliphatic heterocycles. The fourth-order valence-electron chi connectivity index (χ4n) is 11.9. The molecule has 0 unspecified atom stereocenters. The molecule has 0 heterocycles. The van der Waals surface area contributed by atoms with Gasteiger partial charge < -0.3 is 0 Å². The Morgan fingerprint density at radius 3 is 1.87 bits per heavy atom. The topological polar surface area (TPSA) is 0 Å². The van der Waals surface area contributed by atoms with E-state index in [9.17, 15) is 0 Å². The van der Waals surface area contributed by atoms with Gasteiger partial charge >= 0.3 is 0 Å². The van der Waals surface area contributed by atoms with Crippen LogP contribution in [0.5, 0.6) is 0 Å². The summed E-state index contributed by atoms with van der Waals surface area (Å²) < 4.78 is 0. The molecule has 0 nitrogen and oxygen atoms in total. The molecule has 0 N–H and O–H groups in total. The Morgan fingerprint density at radius 2 is 1.23 bits per heavy atom. The lowest BCUT2D eigenvalue weighted by molar-refractivity contribution is -0.240. The van der Waals surface area contributed by atoms with E-state index in [-0.39, 0.29) is 0 Å². The van der Waals surface area contributed by atoms with E-state index < -0.39 is 0 Å². The van der Waals surface area contributed by atoms with Crippen LogP contribution in [0.2, 0.25) is 0 Å². The molecule has 0 spiro atoms. The molecular weight excluding hydrogens is 360 g/mol. The SMILES string of the molecule is C=C(C)[C@H]1CC[C@@]2(C)[C@@H]1CC[C@]1(C)[C@H]2CC[C@@H]2[C@@]3(C)CCCC(C)(C)[C@@H]3CC[C@]21C. The van der Waals surface area contributed by atoms with Gasteiger partial charge in [-0.3, -0.25) is 0 Å². The van der Waals surface area contributed by atoms with Crippen LogP contribution in [0.3, 0.4) is 0 Å². The Labute approximate surface area is 188 Å². The van der Waals surface area contributed by atoms with Crippen LogP contribution in [0, 0.1) is 56.7 Å². The van der Waals surface area contributed by atoms with Gasteiger partial charge in [-0.25, -0.2) is 0 Å². The third kappa shape index (κ3) is 2.46. The largest absolute Gasteiger partial charge is 0.0999 e. The highest BCUT2D eigenvalue weighted by atomic mass is 14.7. The summed E-state index contributed by atoms with van der Waals surface area (Å²) in [5.74, 6) is 4.54. The lowest BCUT2D eigenvalue weighted by atomic mass is 9.32. The van der Waals surface area contributed by atoms with E-state index in [1.807, 2.05) is 0 Å². The molecule has 0 amide bonds. The van der Waals surface area contributed by atoms with Crippen LogP contribution in [0.4, 0.5) is 0 Å². The first-order valence-corrected chi connectivity index (χ1v) is 13.6. The van der Waals surface area contributed by atoms with Crippen LogP contribution < -0.4 is 0 Å². The minimum atomic E-state index is 0.542. The van der Waals surface area contributed by atoms with E-state index in [4.69, 9.17) is 0 Å². The molecule has 9 atom stereocenters. The van der Waals surface area contributed by atoms with Gasteiger partial charge in [-0.05, 0) is 128 Å². The van der Waals surface area contributed by atoms with Crippen molar-refractivity contribution in [3.05, 3.63) is 12.2 Å². The summed E-state index contributed by atoms with van der Waals surface area (Å²) in [6.07, 6.45) is 16.3. The van der Waals surface area contributed by atoms with Crippen LogP contribution in [0.15, 0.2) is 12.2 Å². The molecule has 5 aliphatic carbocycles. The Hall–Kier alpha value is -0.260. The maximum Gasteiger partial charge on any atom is -0.0175 e. The van der Waals surface area contributed by atoms with E-state index in [1.165, 1.54) is 76.2 Å². The van der Waals surface area contributed by atoms with Gasteiger partial charge in [-0.1, -0.05) is 60.1 Å². The van der Waals surface area contributed by atoms with E-state index in [2.05, 4.69) is 55.0 Å². The minimum absolute atomic E-state index is 0.542. The smallest absolute Gasteiger partial charge is 0.0175 e. The molecule has 5 saturated carbocycles. The summed E-state index contributed by atoms with van der Waals surface area (Å²) in [5, 5.41) is 0. The maximum atomic E-state index is 4.43. The molecule has 170 valence electrons. The van der Waals surface area contributed by atoms with Crippen molar-refractivity contribution in [3.63, 3.8) is 0 Å². The predicted octanol–water partition coefficient (Wildman–Crippen LogP) is 9.05. The first-order chi connectivity index (χ1) is 13.9. The van der Waals surface area contributed by atoms with Gasteiger partial charge in [-0.15, -0.1) is 0 Å². The molecule has 0 bridgehead atoms. The van der Waals surface area contributed by atoms with Crippen molar-refractivity contribution in [2.75, 3.05) is 0 Å². The molecular formula is C30H50. The van der Waals surface area contributed by atoms with Gasteiger partial charge in [0.25, 0.3) is 0 Å². The summed E-state index contributed by atoms with van der Waals surface area (Å²) >= 11 is 0. The van der Waals surface area contributed by atoms with Crippen molar-refractivity contribution < 1.29 is 0 Å². The first kappa shape index (κ1) is 21.6. The Bertz CT molecular complexity index is 730. The fraction of sp³-hybridized carbons (Fsp3) is 0.933. The molecule has 0 saturated heterocycles. The summed E-state index contributed by atoms with van der Waals surface area (Å²) in [6, 6.07) is 0. The van der Waals surface area contributed by atoms with Crippen molar-refractivity contribution in [2.45, 2.75) is 119 Å². The van der Waals surface area contributed by atoms with Crippen molar-refractivity contribution >= 4 is 0 Å². The van der Waals surface area contributed by atoms with E-state index in [0.29, 0.717) is 27.1 Å². The summed E-state index contributed by atoms with van der Waals surface area (Å²) in [4.78, 5) is 0. The summed E-state index contributed by atoms with van der Waals surface area (Å²) in [7, 11) is 0. The molecule has 0 aromatic rings. The van der Waals surface area contributed by atoms with Crippen LogP contribution in [-0.4, -0.2) is 0 Å². The van der Waals surface area contributed by atoms with Crippen molar-refractivity contribution in [1.82, 2.24) is 0 Å². The van der Waals surface area contributed by atoms with Gasteiger partial charge in [-0.2, -0.15) is 0 Å². The normalized spacial score (nSPS) is 57.0. The highest BCUT2D eigenvalue weighted by Gasteiger charge is 2.70. The number of fused-ring (bicyclic) bond motifs is 7. The molecule has 5 rings (SSSR count). The summed E-state index contributed by atoms with van der Waals surface area (Å²) in [5.41, 5.74) is 4.26. The van der Waals surface area contributed by atoms with Gasteiger partial charge in [0.1, 0.15) is 0 Å². The fourth-order valence-corrected chi connectivity index (χ4v) is 11.9. The molecule has 0 radical (unpaired) electrons. The van der Waals surface area contributed by atoms with Crippen LogP contribution in [0.1, 0.15) is 119 Å². The highest BCUT2D eigenvalue weighted by Crippen LogP contribution is 2.77. The first-order valence-electron chi connectivity index (χ1n) is 13.6. The quantitative estimate of drug-likeness (QED) is 0.378. The molecule has 5 fully saturated rings. The number of rotatable bonds is 1. The zero-order chi connectivity index (χ0) is 21.7. The molecule has 0 heteroatoms. The molecule has 0 aromatic carbocycles. The monoisotopic (exact) mass is 410 g/mol. The molecule has 30 heavy (non-hydrogen) atoms. The number of allylic oxidation sites excluding steroid dienone is 1. The average Bonchev–Trinajstić information content (AvgIpc) is 2.99. The van der Waals surface area contributed by atoms with Gasteiger partial charge in [0.05, 0.1) is 0 Å². The second-order valence-corrected chi connectivity index (χ2v) is 14.6. The van der Waals surface area contributed by atoms with Crippen molar-refractivity contribution in [2.24, 2.45) is 56.7 Å². The lowest BCUT2D eigenvalue weighted by Crippen LogP contribution is -2.65. The second kappa shape index (κ2) is 6.41. The van der Waals surface area contributed by atoms with E-state index >= 15 is 0 Å². The van der Waals surface area contributed by atoms with Crippen molar-refractivity contribution in [3.8, 4) is 0 Å². The standard InChI is InChI=1S/C30H50/c1-20(2)21-12-17-27(5)22(21)13-18-29(7)24(27)10-11-25-28(6)16-9-15-26(3,4)23(28)14-19-30(25,29)8/h21-25H,1,9-19H2,2-8H3/t21-,22-,23+,24+,25-,27+,28+,29-,30-/m1/s1. The average molecular weight is 411 g/mol. The van der Waals surface area contributed by atoms with Crippen LogP contribution >= 0.6 is 0 Å². The predicted molar refractivity (Wildman–Crippen MR) is 129 cm³/mol. The third-order valence-corrected chi connectivity index (χ3v) is 13.3. The highest BCUT2D eigenvalue weighted by molar-refractivity contribution is 5.20. The zero-order valence-electron chi connectivity index (χ0n) is 21.4. The summed E-state index contributed by atoms with van der Waals surface area (Å²) in [6.45, 7) is 23.0. The third-order valence-electron chi connectivity index (χ3n) is 13.3. The molecule has 0 aromatic heterocycles. The van der Waals surface area contributed by atoms with Gasteiger partial charge in [0.2, 0.25) is 0 Å². The van der Waals surface area contributed by atoms with Gasteiger partial charge in [0, 0.05) is 0 Å². The zero-order valence-corrected chi connectivity index (χ0v) is 21.4. The maximum absolute atomic E-state index is 4.43. The number of hydrogen-bond donors (Lipinski definition) is 0. The van der Waals surface area contributed by atoms with Gasteiger partial charge in [0.15, 0.2) is 0 Å². The number of hydrogen-bond acceptors (Lipinski definition) is 0. The van der Waals surface area contributed by atoms with Crippen LogP contribution in [0.25, 0.3) is 0 Å². The Balaban J connectivity index is 1.53.